The summed E-state index contributed by atoms with van der Waals surface area (Å²) in [6, 6.07) is 6.30. The molecule has 7 nitrogen and oxygen atoms in total. The van der Waals surface area contributed by atoms with Crippen molar-refractivity contribution in [2.45, 2.75) is 51.2 Å². The summed E-state index contributed by atoms with van der Waals surface area (Å²) in [7, 11) is 0. The molecule has 0 spiro atoms. The highest BCUT2D eigenvalue weighted by Gasteiger charge is 2.38. The fraction of sp³-hybridized carbons (Fsp3) is 0.500. The number of carbonyl (C=O) groups is 2. The Bertz CT molecular complexity index is 918. The van der Waals surface area contributed by atoms with Gasteiger partial charge in [-0.1, -0.05) is 42.3 Å². The third-order valence-corrected chi connectivity index (χ3v) is 5.55. The van der Waals surface area contributed by atoms with Crippen LogP contribution in [0.5, 0.6) is 0 Å². The number of alkyl halides is 3. The van der Waals surface area contributed by atoms with Gasteiger partial charge in [0.25, 0.3) is 5.91 Å². The van der Waals surface area contributed by atoms with Crippen molar-refractivity contribution in [1.82, 2.24) is 15.2 Å². The van der Waals surface area contributed by atoms with Crippen molar-refractivity contribution in [3.05, 3.63) is 35.7 Å². The molecule has 0 saturated heterocycles. The molecule has 2 fully saturated rings. The Morgan fingerprint density at radius 1 is 1.07 bits per heavy atom. The topological polar surface area (TPSA) is 85.5 Å². The van der Waals surface area contributed by atoms with Gasteiger partial charge in [0.1, 0.15) is 0 Å². The zero-order chi connectivity index (χ0) is 21.3. The molecule has 10 heteroatoms. The van der Waals surface area contributed by atoms with Gasteiger partial charge in [0, 0.05) is 11.5 Å². The monoisotopic (exact) mass is 423 g/mol. The van der Waals surface area contributed by atoms with Gasteiger partial charge in [-0.25, -0.2) is 4.79 Å². The molecular formula is C20H20F3N3O4. The Hall–Kier alpha value is -2.91. The lowest BCUT2D eigenvalue weighted by Gasteiger charge is -2.32. The molecule has 0 aliphatic heterocycles. The van der Waals surface area contributed by atoms with Gasteiger partial charge in [0.2, 0.25) is 5.82 Å². The zero-order valence-corrected chi connectivity index (χ0v) is 16.0. The van der Waals surface area contributed by atoms with Crippen LogP contribution in [0.25, 0.3) is 11.4 Å². The Morgan fingerprint density at radius 3 is 2.20 bits per heavy atom. The van der Waals surface area contributed by atoms with Gasteiger partial charge in [-0.05, 0) is 31.2 Å². The van der Waals surface area contributed by atoms with E-state index in [1.807, 2.05) is 0 Å². The van der Waals surface area contributed by atoms with E-state index in [2.05, 4.69) is 14.7 Å². The number of amides is 1. The van der Waals surface area contributed by atoms with Crippen LogP contribution in [0.3, 0.4) is 0 Å². The Labute approximate surface area is 170 Å². The summed E-state index contributed by atoms with van der Waals surface area (Å²) in [4.78, 5) is 33.7. The number of rotatable bonds is 5. The van der Waals surface area contributed by atoms with Gasteiger partial charge in [0.15, 0.2) is 0 Å². The van der Waals surface area contributed by atoms with Gasteiger partial charge >= 0.3 is 18.0 Å². The first-order valence-corrected chi connectivity index (χ1v) is 9.84. The minimum Gasteiger partial charge on any atom is -0.338 e. The van der Waals surface area contributed by atoms with E-state index in [1.165, 1.54) is 12.1 Å². The highest BCUT2D eigenvalue weighted by atomic mass is 19.4. The van der Waals surface area contributed by atoms with E-state index in [4.69, 9.17) is 4.84 Å². The quantitative estimate of drug-likeness (QED) is 0.672. The molecule has 0 atom stereocenters. The van der Waals surface area contributed by atoms with E-state index >= 15 is 0 Å². The van der Waals surface area contributed by atoms with E-state index in [1.54, 1.807) is 12.1 Å². The molecule has 2 aliphatic rings. The second-order valence-electron chi connectivity index (χ2n) is 7.66. The number of hydrogen-bond donors (Lipinski definition) is 0. The summed E-state index contributed by atoms with van der Waals surface area (Å²) in [5.41, 5.74) is 0.994. The van der Waals surface area contributed by atoms with Crippen molar-refractivity contribution < 1.29 is 32.1 Å². The molecule has 0 unspecified atom stereocenters. The lowest BCUT2D eigenvalue weighted by atomic mass is 9.84. The highest BCUT2D eigenvalue weighted by Crippen LogP contribution is 2.32. The van der Waals surface area contributed by atoms with Crippen LogP contribution in [0.15, 0.2) is 28.8 Å². The smallest absolute Gasteiger partial charge is 0.338 e. The molecular weight excluding hydrogens is 403 g/mol. The Morgan fingerprint density at radius 2 is 1.70 bits per heavy atom. The van der Waals surface area contributed by atoms with Crippen molar-refractivity contribution in [2.24, 2.45) is 11.8 Å². The summed E-state index contributed by atoms with van der Waals surface area (Å²) in [6.45, 7) is 0.0636. The lowest BCUT2D eigenvalue weighted by molar-refractivity contribution is -0.210. The molecule has 2 saturated carbocycles. The summed E-state index contributed by atoms with van der Waals surface area (Å²) >= 11 is 0. The largest absolute Gasteiger partial charge is 0.471 e. The summed E-state index contributed by atoms with van der Waals surface area (Å²) in [5.74, 6) is -2.51. The average molecular weight is 423 g/mol. The standard InChI is InChI=1S/C20H20F3N3O4/c21-20(22,23)19-24-16(25-29-19)13-9-7-12(8-10-13)11-26(17(27)14-3-1-4-14)30-18(28)15-5-2-6-15/h7-10,14-15H,1-6,11H2. The van der Waals surface area contributed by atoms with Crippen molar-refractivity contribution >= 4 is 11.9 Å². The highest BCUT2D eigenvalue weighted by molar-refractivity contribution is 5.81. The number of aromatic nitrogens is 2. The van der Waals surface area contributed by atoms with E-state index in [-0.39, 0.29) is 30.1 Å². The molecule has 1 amide bonds. The summed E-state index contributed by atoms with van der Waals surface area (Å²) < 4.78 is 42.1. The van der Waals surface area contributed by atoms with Crippen molar-refractivity contribution in [3.8, 4) is 11.4 Å². The second kappa shape index (κ2) is 8.08. The van der Waals surface area contributed by atoms with Crippen LogP contribution >= 0.6 is 0 Å². The molecule has 160 valence electrons. The van der Waals surface area contributed by atoms with Crippen molar-refractivity contribution in [3.63, 3.8) is 0 Å². The number of halogens is 3. The zero-order valence-electron chi connectivity index (χ0n) is 16.0. The molecule has 0 N–H and O–H groups in total. The molecule has 2 aliphatic carbocycles. The maximum atomic E-state index is 12.7. The predicted octanol–water partition coefficient (Wildman–Crippen LogP) is 4.14. The van der Waals surface area contributed by atoms with Crippen molar-refractivity contribution in [2.75, 3.05) is 0 Å². The molecule has 2 aromatic rings. The molecule has 4 rings (SSSR count). The first-order valence-electron chi connectivity index (χ1n) is 9.84. The minimum atomic E-state index is -4.71. The van der Waals surface area contributed by atoms with Crippen LogP contribution < -0.4 is 0 Å². The second-order valence-corrected chi connectivity index (χ2v) is 7.66. The minimum absolute atomic E-state index is 0.0636. The molecule has 30 heavy (non-hydrogen) atoms. The molecule has 1 aromatic carbocycles. The van der Waals surface area contributed by atoms with Gasteiger partial charge in [0.05, 0.1) is 12.5 Å². The lowest BCUT2D eigenvalue weighted by Crippen LogP contribution is -2.41. The maximum Gasteiger partial charge on any atom is 0.471 e. The number of hydroxylamine groups is 2. The molecule has 0 bridgehead atoms. The van der Waals surface area contributed by atoms with Crippen molar-refractivity contribution in [1.29, 1.82) is 0 Å². The van der Waals surface area contributed by atoms with E-state index < -0.39 is 18.0 Å². The van der Waals surface area contributed by atoms with Crippen LogP contribution in [0.2, 0.25) is 0 Å². The molecule has 0 radical (unpaired) electrons. The Kier molecular flexibility index (Phi) is 5.48. The normalized spacial score (nSPS) is 17.2. The first kappa shape index (κ1) is 20.4. The number of hydrogen-bond acceptors (Lipinski definition) is 6. The van der Waals surface area contributed by atoms with Crippen LogP contribution in [-0.4, -0.2) is 27.1 Å². The molecule has 1 aromatic heterocycles. The van der Waals surface area contributed by atoms with Gasteiger partial charge in [-0.2, -0.15) is 23.2 Å². The average Bonchev–Trinajstić information content (AvgIpc) is 3.09. The van der Waals surface area contributed by atoms with E-state index in [0.717, 1.165) is 43.6 Å². The number of nitrogens with zero attached hydrogens (tertiary/aromatic N) is 3. The summed E-state index contributed by atoms with van der Waals surface area (Å²) in [6.07, 6.45) is 0.318. The number of benzene rings is 1. The number of carbonyl (C=O) groups excluding carboxylic acids is 2. The Balaban J connectivity index is 1.46. The van der Waals surface area contributed by atoms with Crippen LogP contribution in [-0.2, 0) is 27.1 Å². The predicted molar refractivity (Wildman–Crippen MR) is 96.1 cm³/mol. The fourth-order valence-electron chi connectivity index (χ4n) is 3.22. The van der Waals surface area contributed by atoms with Crippen LogP contribution in [0.1, 0.15) is 50.0 Å². The van der Waals surface area contributed by atoms with Crippen LogP contribution in [0.4, 0.5) is 13.2 Å². The maximum absolute atomic E-state index is 12.7. The molecule has 1 heterocycles. The SMILES string of the molecule is O=C(ON(Cc1ccc(-c2noc(C(F)(F)F)n2)cc1)C(=O)C1CCC1)C1CCC1. The van der Waals surface area contributed by atoms with Gasteiger partial charge in [-0.3, -0.25) is 4.79 Å². The third kappa shape index (κ3) is 4.31. The first-order chi connectivity index (χ1) is 14.3. The van der Waals surface area contributed by atoms with Gasteiger partial charge in [-0.15, -0.1) is 0 Å². The third-order valence-electron chi connectivity index (χ3n) is 5.55. The van der Waals surface area contributed by atoms with E-state index in [0.29, 0.717) is 11.1 Å². The summed E-state index contributed by atoms with van der Waals surface area (Å²) in [5, 5.41) is 4.47. The van der Waals surface area contributed by atoms with E-state index in [9.17, 15) is 22.8 Å². The van der Waals surface area contributed by atoms with Gasteiger partial charge < -0.3 is 9.36 Å². The van der Waals surface area contributed by atoms with Crippen LogP contribution in [0, 0.1) is 11.8 Å². The fourth-order valence-corrected chi connectivity index (χ4v) is 3.22.